The monoisotopic (exact) mass is 361 g/mol. The summed E-state index contributed by atoms with van der Waals surface area (Å²) in [6.45, 7) is 2.10. The lowest BCUT2D eigenvalue weighted by Crippen LogP contribution is -2.18. The fourth-order valence-electron chi connectivity index (χ4n) is 2.41. The van der Waals surface area contributed by atoms with Crippen LogP contribution in [0.25, 0.3) is 10.9 Å². The van der Waals surface area contributed by atoms with Gasteiger partial charge in [-0.2, -0.15) is 0 Å². The number of hydrogen-bond acceptors (Lipinski definition) is 5. The largest absolute Gasteiger partial charge is 0.466 e. The van der Waals surface area contributed by atoms with Gasteiger partial charge in [0.05, 0.1) is 24.2 Å². The van der Waals surface area contributed by atoms with Crippen molar-refractivity contribution in [2.75, 3.05) is 11.9 Å². The van der Waals surface area contributed by atoms with Gasteiger partial charge >= 0.3 is 5.97 Å². The summed E-state index contributed by atoms with van der Waals surface area (Å²) >= 11 is 1.24. The molecule has 1 amide bonds. The van der Waals surface area contributed by atoms with Crippen LogP contribution in [0.1, 0.15) is 12.6 Å². The first kappa shape index (κ1) is 17.1. The summed E-state index contributed by atoms with van der Waals surface area (Å²) in [7, 11) is 0. The van der Waals surface area contributed by atoms with E-state index >= 15 is 0 Å². The summed E-state index contributed by atoms with van der Waals surface area (Å²) in [5.74, 6) is -0.985. The van der Waals surface area contributed by atoms with Crippen molar-refractivity contribution in [3.63, 3.8) is 0 Å². The van der Waals surface area contributed by atoms with Gasteiger partial charge in [-0.3, -0.25) is 9.59 Å². The number of nitrogens with zero attached hydrogens (tertiary/aromatic N) is 2. The van der Waals surface area contributed by atoms with E-state index in [0.717, 1.165) is 5.39 Å². The smallest absolute Gasteiger partial charge is 0.311 e. The number of fused-ring (bicyclic) bond motifs is 1. The van der Waals surface area contributed by atoms with Crippen LogP contribution in [0.4, 0.5) is 9.52 Å². The number of halogens is 1. The summed E-state index contributed by atoms with van der Waals surface area (Å²) in [6.07, 6.45) is 1.81. The average molecular weight is 361 g/mol. The molecule has 0 spiro atoms. The maximum atomic E-state index is 13.4. The highest BCUT2D eigenvalue weighted by Gasteiger charge is 2.12. The van der Waals surface area contributed by atoms with Crippen molar-refractivity contribution in [1.82, 2.24) is 9.55 Å². The van der Waals surface area contributed by atoms with Gasteiger partial charge < -0.3 is 14.6 Å². The first-order chi connectivity index (χ1) is 12.0. The molecule has 25 heavy (non-hydrogen) atoms. The Balaban J connectivity index is 1.63. The second-order valence-electron chi connectivity index (χ2n) is 5.32. The van der Waals surface area contributed by atoms with Crippen molar-refractivity contribution in [1.29, 1.82) is 0 Å². The highest BCUT2D eigenvalue weighted by atomic mass is 32.1. The number of esters is 1. The Bertz CT molecular complexity index is 919. The number of hydrogen-bond donors (Lipinski definition) is 1. The molecule has 2 aromatic heterocycles. The van der Waals surface area contributed by atoms with Crippen LogP contribution in [0.5, 0.6) is 0 Å². The third kappa shape index (κ3) is 4.21. The van der Waals surface area contributed by atoms with Crippen LogP contribution in [-0.4, -0.2) is 28.0 Å². The predicted molar refractivity (Wildman–Crippen MR) is 93.0 cm³/mol. The zero-order valence-corrected chi connectivity index (χ0v) is 14.3. The zero-order valence-electron chi connectivity index (χ0n) is 13.5. The summed E-state index contributed by atoms with van der Waals surface area (Å²) in [4.78, 5) is 27.8. The van der Waals surface area contributed by atoms with Crippen LogP contribution in [-0.2, 0) is 27.3 Å². The number of ether oxygens (including phenoxy) is 1. The number of anilines is 1. The molecule has 0 aliphatic carbocycles. The van der Waals surface area contributed by atoms with Crippen LogP contribution in [0.2, 0.25) is 0 Å². The molecule has 6 nitrogen and oxygen atoms in total. The normalized spacial score (nSPS) is 10.8. The number of carbonyl (C=O) groups excluding carboxylic acids is 2. The van der Waals surface area contributed by atoms with E-state index in [1.807, 2.05) is 6.07 Å². The Hall–Kier alpha value is -2.74. The molecule has 2 heterocycles. The third-order valence-electron chi connectivity index (χ3n) is 3.48. The number of nitrogens with one attached hydrogen (secondary N) is 1. The topological polar surface area (TPSA) is 73.2 Å². The molecular weight excluding hydrogens is 345 g/mol. The molecule has 0 radical (unpaired) electrons. The number of thiazole rings is 1. The predicted octanol–water partition coefficient (Wildman–Crippen LogP) is 2.98. The second-order valence-corrected chi connectivity index (χ2v) is 6.18. The molecule has 0 aliphatic heterocycles. The van der Waals surface area contributed by atoms with E-state index in [9.17, 15) is 14.0 Å². The van der Waals surface area contributed by atoms with Crippen molar-refractivity contribution >= 4 is 39.2 Å². The molecule has 1 N–H and O–H groups in total. The SMILES string of the molecule is CCOC(=O)Cc1csc(NC(=O)Cn2ccc3ccc(F)cc32)n1. The number of carbonyl (C=O) groups is 2. The first-order valence-electron chi connectivity index (χ1n) is 7.69. The van der Waals surface area contributed by atoms with Gasteiger partial charge in [-0.25, -0.2) is 9.37 Å². The summed E-state index contributed by atoms with van der Waals surface area (Å²) in [6, 6.07) is 6.27. The second kappa shape index (κ2) is 7.43. The Morgan fingerprint density at radius 3 is 3.00 bits per heavy atom. The van der Waals surface area contributed by atoms with Gasteiger partial charge in [-0.05, 0) is 36.6 Å². The van der Waals surface area contributed by atoms with Crippen molar-refractivity contribution in [3.05, 3.63) is 47.4 Å². The van der Waals surface area contributed by atoms with Crippen LogP contribution in [0.3, 0.4) is 0 Å². The maximum absolute atomic E-state index is 13.4. The highest BCUT2D eigenvalue weighted by molar-refractivity contribution is 7.13. The molecule has 3 aromatic rings. The fourth-order valence-corrected chi connectivity index (χ4v) is 3.14. The van der Waals surface area contributed by atoms with Gasteiger partial charge in [0.25, 0.3) is 0 Å². The summed E-state index contributed by atoms with van der Waals surface area (Å²) < 4.78 is 19.9. The number of rotatable bonds is 6. The molecule has 0 atom stereocenters. The van der Waals surface area contributed by atoms with Crippen molar-refractivity contribution in [3.8, 4) is 0 Å². The van der Waals surface area contributed by atoms with Gasteiger partial charge in [0, 0.05) is 11.6 Å². The Morgan fingerprint density at radius 1 is 1.36 bits per heavy atom. The Labute approximate surface area is 147 Å². The van der Waals surface area contributed by atoms with Gasteiger partial charge in [0.15, 0.2) is 5.13 Å². The average Bonchev–Trinajstić information content (AvgIpc) is 3.15. The Morgan fingerprint density at radius 2 is 2.20 bits per heavy atom. The quantitative estimate of drug-likeness (QED) is 0.685. The van der Waals surface area contributed by atoms with Crippen molar-refractivity contribution in [2.45, 2.75) is 19.9 Å². The number of aromatic nitrogens is 2. The van der Waals surface area contributed by atoms with Gasteiger partial charge in [-0.1, -0.05) is 0 Å². The van der Waals surface area contributed by atoms with E-state index in [0.29, 0.717) is 22.9 Å². The molecule has 0 fully saturated rings. The van der Waals surface area contributed by atoms with Gasteiger partial charge in [-0.15, -0.1) is 11.3 Å². The van der Waals surface area contributed by atoms with Crippen LogP contribution < -0.4 is 5.32 Å². The molecule has 130 valence electrons. The molecule has 0 bridgehead atoms. The van der Waals surface area contributed by atoms with Crippen LogP contribution in [0.15, 0.2) is 35.8 Å². The van der Waals surface area contributed by atoms with E-state index < -0.39 is 0 Å². The minimum absolute atomic E-state index is 0.0414. The van der Waals surface area contributed by atoms with Gasteiger partial charge in [0.1, 0.15) is 12.4 Å². The van der Waals surface area contributed by atoms with Crippen molar-refractivity contribution < 1.29 is 18.7 Å². The van der Waals surface area contributed by atoms with Crippen molar-refractivity contribution in [2.24, 2.45) is 0 Å². The van der Waals surface area contributed by atoms with E-state index in [4.69, 9.17) is 4.74 Å². The third-order valence-corrected chi connectivity index (χ3v) is 4.29. The minimum Gasteiger partial charge on any atom is -0.466 e. The molecule has 3 rings (SSSR count). The Kier molecular flexibility index (Phi) is 5.08. The van der Waals surface area contributed by atoms with Crippen LogP contribution >= 0.6 is 11.3 Å². The maximum Gasteiger partial charge on any atom is 0.311 e. The lowest BCUT2D eigenvalue weighted by Gasteiger charge is -2.05. The lowest BCUT2D eigenvalue weighted by molar-refractivity contribution is -0.142. The number of amides is 1. The van der Waals surface area contributed by atoms with E-state index in [1.54, 1.807) is 29.1 Å². The molecule has 0 unspecified atom stereocenters. The standard InChI is InChI=1S/C17H16FN3O3S/c1-2-24-16(23)8-13-10-25-17(19-13)20-15(22)9-21-6-5-11-3-4-12(18)7-14(11)21/h3-7,10H,2,8-9H2,1H3,(H,19,20,22). The lowest BCUT2D eigenvalue weighted by atomic mass is 10.2. The fraction of sp³-hybridized carbons (Fsp3) is 0.235. The summed E-state index contributed by atoms with van der Waals surface area (Å²) in [5, 5.41) is 5.66. The van der Waals surface area contributed by atoms with Gasteiger partial charge in [0.2, 0.25) is 5.91 Å². The minimum atomic E-state index is -0.355. The summed E-state index contributed by atoms with van der Waals surface area (Å²) in [5.41, 5.74) is 1.20. The molecule has 1 aromatic carbocycles. The highest BCUT2D eigenvalue weighted by Crippen LogP contribution is 2.19. The first-order valence-corrected chi connectivity index (χ1v) is 8.57. The molecule has 8 heteroatoms. The van der Waals surface area contributed by atoms with E-state index in [-0.39, 0.29) is 30.7 Å². The molecule has 0 saturated heterocycles. The zero-order chi connectivity index (χ0) is 17.8. The van der Waals surface area contributed by atoms with E-state index in [2.05, 4.69) is 10.3 Å². The number of benzene rings is 1. The van der Waals surface area contributed by atoms with Crippen LogP contribution in [0, 0.1) is 5.82 Å². The molecule has 0 saturated carbocycles. The molecular formula is C17H16FN3O3S. The molecule has 0 aliphatic rings. The van der Waals surface area contributed by atoms with E-state index in [1.165, 1.54) is 23.5 Å².